The van der Waals surface area contributed by atoms with E-state index in [1.165, 1.54) is 0 Å². The van der Waals surface area contributed by atoms with Crippen LogP contribution in [0.1, 0.15) is 26.2 Å². The van der Waals surface area contributed by atoms with Gasteiger partial charge >= 0.3 is 0 Å². The highest BCUT2D eigenvalue weighted by molar-refractivity contribution is 5.99. The molecule has 0 bridgehead atoms. The van der Waals surface area contributed by atoms with Gasteiger partial charge in [0.25, 0.3) is 0 Å². The normalized spacial score (nSPS) is 11.3. The first-order valence-electron chi connectivity index (χ1n) is 3.50. The molecule has 0 aromatic rings. The van der Waals surface area contributed by atoms with E-state index in [0.717, 1.165) is 6.42 Å². The zero-order chi connectivity index (χ0) is 8.69. The Hall–Kier alpha value is -1.10. The van der Waals surface area contributed by atoms with Gasteiger partial charge in [-0.2, -0.15) is 5.10 Å². The molecular weight excluding hydrogens is 144 g/mol. The molecule has 0 unspecified atom stereocenters. The fourth-order valence-electron chi connectivity index (χ4n) is 0.692. The van der Waals surface area contributed by atoms with Crippen LogP contribution in [0.3, 0.4) is 0 Å². The summed E-state index contributed by atoms with van der Waals surface area (Å²) in [6, 6.07) is 0. The average molecular weight is 158 g/mol. The topological polar surface area (TPSA) is 93.5 Å². The number of ketones is 1. The minimum Gasteiger partial charge on any atom is -0.385 e. The summed E-state index contributed by atoms with van der Waals surface area (Å²) in [4.78, 5) is 10.9. The van der Waals surface area contributed by atoms with Gasteiger partial charge in [0.1, 0.15) is 11.6 Å². The summed E-state index contributed by atoms with van der Waals surface area (Å²) in [6.07, 6.45) is 1.56. The molecule has 0 spiro atoms. The number of nitrogens with one attached hydrogen (secondary N) is 1. The van der Waals surface area contributed by atoms with E-state index in [0.29, 0.717) is 6.42 Å². The largest absolute Gasteiger partial charge is 0.385 e. The van der Waals surface area contributed by atoms with Gasteiger partial charge in [0.2, 0.25) is 0 Å². The fourth-order valence-corrected chi connectivity index (χ4v) is 0.692. The zero-order valence-corrected chi connectivity index (χ0v) is 6.63. The molecule has 0 atom stereocenters. The van der Waals surface area contributed by atoms with Gasteiger partial charge in [0, 0.05) is 6.42 Å². The smallest absolute Gasteiger partial charge is 0.140 e. The Morgan fingerprint density at radius 2 is 2.27 bits per heavy atom. The Morgan fingerprint density at radius 1 is 1.64 bits per heavy atom. The number of nitrogens with zero attached hydrogens (tertiary/aromatic N) is 1. The molecule has 0 heterocycles. The van der Waals surface area contributed by atoms with E-state index in [9.17, 15) is 4.79 Å². The molecule has 0 amide bonds. The molecular formula is C6H14N4O. The number of rotatable bonds is 5. The highest BCUT2D eigenvalue weighted by Crippen LogP contribution is 1.93. The van der Waals surface area contributed by atoms with Crippen molar-refractivity contribution in [3.8, 4) is 0 Å². The Morgan fingerprint density at radius 3 is 2.73 bits per heavy atom. The summed E-state index contributed by atoms with van der Waals surface area (Å²) in [5.74, 6) is 5.17. The molecule has 0 aliphatic rings. The number of amidine groups is 1. The van der Waals surface area contributed by atoms with E-state index < -0.39 is 0 Å². The lowest BCUT2D eigenvalue weighted by atomic mass is 10.2. The van der Waals surface area contributed by atoms with Crippen LogP contribution < -0.4 is 17.1 Å². The predicted octanol–water partition coefficient (Wildman–Crippen LogP) is -0.519. The van der Waals surface area contributed by atoms with Crippen molar-refractivity contribution in [1.82, 2.24) is 5.53 Å². The van der Waals surface area contributed by atoms with E-state index >= 15 is 0 Å². The van der Waals surface area contributed by atoms with Crippen molar-refractivity contribution in [3.05, 3.63) is 0 Å². The van der Waals surface area contributed by atoms with Crippen LogP contribution in [0.15, 0.2) is 5.10 Å². The first-order chi connectivity index (χ1) is 5.20. The molecule has 0 rings (SSSR count). The maximum absolute atomic E-state index is 10.9. The second kappa shape index (κ2) is 5.67. The molecule has 0 saturated carbocycles. The van der Waals surface area contributed by atoms with Crippen LogP contribution in [0.4, 0.5) is 0 Å². The second-order valence-corrected chi connectivity index (χ2v) is 2.20. The predicted molar refractivity (Wildman–Crippen MR) is 43.5 cm³/mol. The summed E-state index contributed by atoms with van der Waals surface area (Å²) >= 11 is 0. The Bertz CT molecular complexity index is 155. The minimum absolute atomic E-state index is 0.0870. The number of carbonyl (C=O) groups is 1. The SMILES string of the molecule is CCCC(=O)C/C(N)=N/NN. The van der Waals surface area contributed by atoms with Crippen molar-refractivity contribution in [2.24, 2.45) is 16.7 Å². The van der Waals surface area contributed by atoms with E-state index in [-0.39, 0.29) is 18.0 Å². The van der Waals surface area contributed by atoms with Crippen molar-refractivity contribution in [2.75, 3.05) is 0 Å². The van der Waals surface area contributed by atoms with E-state index in [4.69, 9.17) is 11.6 Å². The Kier molecular flexibility index (Phi) is 5.10. The van der Waals surface area contributed by atoms with E-state index in [2.05, 4.69) is 5.10 Å². The average Bonchev–Trinajstić information content (AvgIpc) is 1.87. The third-order valence-electron chi connectivity index (χ3n) is 1.12. The molecule has 5 heteroatoms. The Balaban J connectivity index is 3.66. The van der Waals surface area contributed by atoms with Gasteiger partial charge in [0.05, 0.1) is 6.42 Å². The first kappa shape index (κ1) is 9.90. The van der Waals surface area contributed by atoms with Crippen LogP contribution in [0.2, 0.25) is 0 Å². The van der Waals surface area contributed by atoms with Crippen LogP contribution in [0.25, 0.3) is 0 Å². The fraction of sp³-hybridized carbons (Fsp3) is 0.667. The molecule has 64 valence electrons. The molecule has 0 saturated heterocycles. The molecule has 0 radical (unpaired) electrons. The molecule has 0 aliphatic heterocycles. The second-order valence-electron chi connectivity index (χ2n) is 2.20. The number of Topliss-reactive ketones (excluding diaryl/α,β-unsaturated/α-hetero) is 1. The number of nitrogens with two attached hydrogens (primary N) is 2. The summed E-state index contributed by atoms with van der Waals surface area (Å²) in [5, 5.41) is 3.45. The van der Waals surface area contributed by atoms with Gasteiger partial charge in [0.15, 0.2) is 0 Å². The van der Waals surface area contributed by atoms with Gasteiger partial charge in [-0.05, 0) is 6.42 Å². The first-order valence-corrected chi connectivity index (χ1v) is 3.50. The summed E-state index contributed by atoms with van der Waals surface area (Å²) in [7, 11) is 0. The third-order valence-corrected chi connectivity index (χ3v) is 1.12. The Labute approximate surface area is 65.8 Å². The van der Waals surface area contributed by atoms with E-state index in [1.807, 2.05) is 12.5 Å². The summed E-state index contributed by atoms with van der Waals surface area (Å²) < 4.78 is 0. The molecule has 5 nitrogen and oxygen atoms in total. The third kappa shape index (κ3) is 5.35. The molecule has 5 N–H and O–H groups in total. The van der Waals surface area contributed by atoms with Crippen molar-refractivity contribution in [1.29, 1.82) is 0 Å². The molecule has 0 aromatic heterocycles. The van der Waals surface area contributed by atoms with Crippen LogP contribution >= 0.6 is 0 Å². The highest BCUT2D eigenvalue weighted by atomic mass is 16.1. The molecule has 0 aromatic carbocycles. The number of carbonyl (C=O) groups excluding carboxylic acids is 1. The maximum Gasteiger partial charge on any atom is 0.140 e. The summed E-state index contributed by atoms with van der Waals surface area (Å²) in [6.45, 7) is 1.94. The monoisotopic (exact) mass is 158 g/mol. The summed E-state index contributed by atoms with van der Waals surface area (Å²) in [5.41, 5.74) is 7.33. The number of hydrazone groups is 1. The van der Waals surface area contributed by atoms with Crippen LogP contribution in [-0.2, 0) is 4.79 Å². The lowest BCUT2D eigenvalue weighted by Crippen LogP contribution is -2.24. The van der Waals surface area contributed by atoms with Gasteiger partial charge in [-0.25, -0.2) is 11.4 Å². The van der Waals surface area contributed by atoms with Crippen molar-refractivity contribution in [3.63, 3.8) is 0 Å². The van der Waals surface area contributed by atoms with Crippen molar-refractivity contribution in [2.45, 2.75) is 26.2 Å². The maximum atomic E-state index is 10.9. The van der Waals surface area contributed by atoms with E-state index in [1.54, 1.807) is 0 Å². The van der Waals surface area contributed by atoms with Crippen molar-refractivity contribution < 1.29 is 4.79 Å². The van der Waals surface area contributed by atoms with Gasteiger partial charge < -0.3 is 5.73 Å². The van der Waals surface area contributed by atoms with Gasteiger partial charge in [-0.1, -0.05) is 6.92 Å². The van der Waals surface area contributed by atoms with Gasteiger partial charge in [-0.15, -0.1) is 0 Å². The number of hydrazine groups is 1. The van der Waals surface area contributed by atoms with Gasteiger partial charge in [-0.3, -0.25) is 4.79 Å². The van der Waals surface area contributed by atoms with Crippen LogP contribution in [-0.4, -0.2) is 11.6 Å². The molecule has 0 aliphatic carbocycles. The quantitative estimate of drug-likeness (QED) is 0.217. The number of hydrogen-bond donors (Lipinski definition) is 3. The minimum atomic E-state index is 0.0870. The van der Waals surface area contributed by atoms with Crippen LogP contribution in [0.5, 0.6) is 0 Å². The lowest BCUT2D eigenvalue weighted by Gasteiger charge is -1.97. The van der Waals surface area contributed by atoms with Crippen LogP contribution in [0, 0.1) is 0 Å². The standard InChI is InChI=1S/C6H14N4O/c1-2-3-5(11)4-6(7)9-10-8/h10H,2-4,8H2,1H3,(H2,7,9). The number of hydrogen-bond acceptors (Lipinski definition) is 4. The highest BCUT2D eigenvalue weighted by Gasteiger charge is 2.02. The molecule has 11 heavy (non-hydrogen) atoms. The molecule has 0 fully saturated rings. The zero-order valence-electron chi connectivity index (χ0n) is 6.63. The van der Waals surface area contributed by atoms with Crippen molar-refractivity contribution >= 4 is 11.6 Å². The lowest BCUT2D eigenvalue weighted by molar-refractivity contribution is -0.117.